The lowest BCUT2D eigenvalue weighted by molar-refractivity contribution is 0.304. The molecule has 2 rings (SSSR count). The molecule has 1 atom stereocenters. The largest absolute Gasteiger partial charge is 0.310 e. The Morgan fingerprint density at radius 1 is 1.35 bits per heavy atom. The fourth-order valence-corrected chi connectivity index (χ4v) is 2.84. The normalized spacial score (nSPS) is 19.1. The van der Waals surface area contributed by atoms with E-state index in [1.54, 1.807) is 0 Å². The van der Waals surface area contributed by atoms with Crippen molar-refractivity contribution in [3.8, 4) is 0 Å². The van der Waals surface area contributed by atoms with Crippen molar-refractivity contribution in [2.45, 2.75) is 58.0 Å². The molecule has 1 unspecified atom stereocenters. The highest BCUT2D eigenvalue weighted by Crippen LogP contribution is 2.27. The fraction of sp³-hybridized carbons (Fsp3) is 0.625. The monoisotopic (exact) mass is 230 g/mol. The molecule has 0 saturated heterocycles. The average Bonchev–Trinajstić information content (AvgIpc) is 2.39. The fourth-order valence-electron chi connectivity index (χ4n) is 2.84. The van der Waals surface area contributed by atoms with Crippen molar-refractivity contribution in [2.75, 3.05) is 0 Å². The maximum Gasteiger partial charge on any atom is 0.0208 e. The first-order valence-corrected chi connectivity index (χ1v) is 7.03. The summed E-state index contributed by atoms with van der Waals surface area (Å²) in [4.78, 5) is 0. The van der Waals surface area contributed by atoms with E-state index in [1.165, 1.54) is 44.1 Å². The second-order valence-corrected chi connectivity index (χ2v) is 5.43. The Morgan fingerprint density at radius 2 is 2.18 bits per heavy atom. The molecule has 0 aliphatic heterocycles. The van der Waals surface area contributed by atoms with Gasteiger partial charge >= 0.3 is 0 Å². The summed E-state index contributed by atoms with van der Waals surface area (Å²) >= 11 is 0. The molecule has 17 heavy (non-hydrogen) atoms. The number of hydrogen-bond donors (Lipinski definition) is 1. The quantitative estimate of drug-likeness (QED) is 0.808. The zero-order valence-corrected chi connectivity index (χ0v) is 10.9. The van der Waals surface area contributed by atoms with Crippen LogP contribution >= 0.6 is 0 Å². The summed E-state index contributed by atoms with van der Waals surface area (Å²) in [5.41, 5.74) is 1.34. The predicted octanol–water partition coefficient (Wildman–Crippen LogP) is 3.94. The van der Waals surface area contributed by atoms with Gasteiger partial charge in [-0.3, -0.25) is 0 Å². The molecule has 0 heterocycles. The van der Waals surface area contributed by atoms with Crippen LogP contribution in [0.15, 0.2) is 24.3 Å². The maximum atomic E-state index is 3.63. The lowest BCUT2D eigenvalue weighted by atomic mass is 9.85. The Labute approximate surface area is 106 Å². The first-order chi connectivity index (χ1) is 8.34. The van der Waals surface area contributed by atoms with Crippen molar-refractivity contribution in [1.29, 1.82) is 0 Å². The standard InChI is InChI=1S/C16H24N/c1-14(12-15-8-4-2-5-9-15)17-13-16-10-6-3-7-11-16/h3,6,10-11,14-15,17H,2,4-5,8-9,12-13H2,1H3. The lowest BCUT2D eigenvalue weighted by Crippen LogP contribution is -2.28. The third kappa shape index (κ3) is 4.51. The van der Waals surface area contributed by atoms with Gasteiger partial charge in [0.1, 0.15) is 0 Å². The van der Waals surface area contributed by atoms with Crippen LogP contribution in [0.2, 0.25) is 0 Å². The zero-order chi connectivity index (χ0) is 11.9. The molecule has 0 bridgehead atoms. The van der Waals surface area contributed by atoms with E-state index < -0.39 is 0 Å². The van der Waals surface area contributed by atoms with E-state index in [1.807, 2.05) is 6.07 Å². The van der Waals surface area contributed by atoms with E-state index >= 15 is 0 Å². The molecule has 1 aromatic carbocycles. The second-order valence-electron chi connectivity index (χ2n) is 5.43. The molecule has 0 spiro atoms. The van der Waals surface area contributed by atoms with Crippen molar-refractivity contribution in [2.24, 2.45) is 5.92 Å². The van der Waals surface area contributed by atoms with Gasteiger partial charge in [0.05, 0.1) is 0 Å². The number of rotatable bonds is 5. The summed E-state index contributed by atoms with van der Waals surface area (Å²) in [6.07, 6.45) is 8.60. The van der Waals surface area contributed by atoms with Crippen LogP contribution < -0.4 is 5.32 Å². The molecule has 1 heteroatoms. The highest BCUT2D eigenvalue weighted by molar-refractivity contribution is 5.13. The van der Waals surface area contributed by atoms with Gasteiger partial charge in [-0.15, -0.1) is 0 Å². The average molecular weight is 230 g/mol. The second kappa shape index (κ2) is 6.80. The molecule has 0 aromatic heterocycles. The van der Waals surface area contributed by atoms with Crippen molar-refractivity contribution >= 4 is 0 Å². The van der Waals surface area contributed by atoms with Gasteiger partial charge in [0.15, 0.2) is 0 Å². The third-order valence-corrected chi connectivity index (χ3v) is 3.84. The minimum atomic E-state index is 0.637. The molecular weight excluding hydrogens is 206 g/mol. The van der Waals surface area contributed by atoms with Crippen molar-refractivity contribution in [3.05, 3.63) is 35.9 Å². The summed E-state index contributed by atoms with van der Waals surface area (Å²) in [5.74, 6) is 0.966. The van der Waals surface area contributed by atoms with Gasteiger partial charge in [-0.05, 0) is 37.0 Å². The van der Waals surface area contributed by atoms with E-state index in [-0.39, 0.29) is 0 Å². The number of nitrogens with one attached hydrogen (secondary N) is 1. The van der Waals surface area contributed by atoms with Gasteiger partial charge in [0, 0.05) is 12.6 Å². The molecule has 1 nitrogen and oxygen atoms in total. The highest BCUT2D eigenvalue weighted by Gasteiger charge is 2.15. The first-order valence-electron chi connectivity index (χ1n) is 7.03. The van der Waals surface area contributed by atoms with E-state index in [4.69, 9.17) is 0 Å². The molecular formula is C16H24N. The van der Waals surface area contributed by atoms with Crippen LogP contribution in [0.4, 0.5) is 0 Å². The van der Waals surface area contributed by atoms with Crippen LogP contribution in [0.5, 0.6) is 0 Å². The molecule has 1 aromatic rings. The third-order valence-electron chi connectivity index (χ3n) is 3.84. The lowest BCUT2D eigenvalue weighted by Gasteiger charge is -2.25. The van der Waals surface area contributed by atoms with Crippen LogP contribution in [-0.4, -0.2) is 6.04 Å². The van der Waals surface area contributed by atoms with Crippen LogP contribution in [0.1, 0.15) is 51.0 Å². The molecule has 93 valence electrons. The van der Waals surface area contributed by atoms with Crippen molar-refractivity contribution in [1.82, 2.24) is 5.32 Å². The van der Waals surface area contributed by atoms with Gasteiger partial charge in [-0.2, -0.15) is 0 Å². The molecule has 1 aliphatic carbocycles. The number of hydrogen-bond acceptors (Lipinski definition) is 1. The Hall–Kier alpha value is -0.820. The molecule has 0 amide bonds. The first kappa shape index (κ1) is 12.6. The molecule has 1 fully saturated rings. The summed E-state index contributed by atoms with van der Waals surface area (Å²) in [5, 5.41) is 3.63. The van der Waals surface area contributed by atoms with Crippen LogP contribution in [0.25, 0.3) is 0 Å². The highest BCUT2D eigenvalue weighted by atomic mass is 14.9. The van der Waals surface area contributed by atoms with E-state index in [2.05, 4.69) is 36.5 Å². The molecule has 1 N–H and O–H groups in total. The number of benzene rings is 1. The Kier molecular flexibility index (Phi) is 5.06. The topological polar surface area (TPSA) is 12.0 Å². The SMILES string of the molecule is CC(CC1CCCCC1)NCc1c[c]ccc1. The van der Waals surface area contributed by atoms with Crippen LogP contribution in [0.3, 0.4) is 0 Å². The van der Waals surface area contributed by atoms with E-state index in [9.17, 15) is 0 Å². The molecule has 1 aliphatic rings. The summed E-state index contributed by atoms with van der Waals surface area (Å²) in [6, 6.07) is 12.0. The van der Waals surface area contributed by atoms with Gasteiger partial charge in [-0.1, -0.05) is 50.3 Å². The van der Waals surface area contributed by atoms with Gasteiger partial charge in [0.25, 0.3) is 0 Å². The molecule has 1 radical (unpaired) electrons. The summed E-state index contributed by atoms with van der Waals surface area (Å²) < 4.78 is 0. The molecule has 1 saturated carbocycles. The van der Waals surface area contributed by atoms with E-state index in [0.29, 0.717) is 6.04 Å². The smallest absolute Gasteiger partial charge is 0.0208 e. The van der Waals surface area contributed by atoms with Crippen molar-refractivity contribution < 1.29 is 0 Å². The van der Waals surface area contributed by atoms with E-state index in [0.717, 1.165) is 12.5 Å². The minimum absolute atomic E-state index is 0.637. The van der Waals surface area contributed by atoms with Crippen molar-refractivity contribution in [3.63, 3.8) is 0 Å². The zero-order valence-electron chi connectivity index (χ0n) is 10.9. The van der Waals surface area contributed by atoms with Gasteiger partial charge in [0.2, 0.25) is 0 Å². The van der Waals surface area contributed by atoms with Gasteiger partial charge < -0.3 is 5.32 Å². The van der Waals surface area contributed by atoms with Crippen LogP contribution in [0, 0.1) is 12.0 Å². The van der Waals surface area contributed by atoms with Crippen LogP contribution in [-0.2, 0) is 6.54 Å². The minimum Gasteiger partial charge on any atom is -0.310 e. The Morgan fingerprint density at radius 3 is 2.88 bits per heavy atom. The van der Waals surface area contributed by atoms with Gasteiger partial charge in [-0.25, -0.2) is 0 Å². The predicted molar refractivity (Wildman–Crippen MR) is 72.8 cm³/mol. The summed E-state index contributed by atoms with van der Waals surface area (Å²) in [6.45, 7) is 3.30. The maximum absolute atomic E-state index is 3.63. The summed E-state index contributed by atoms with van der Waals surface area (Å²) in [7, 11) is 0. The Bertz CT molecular complexity index is 301. The Balaban J connectivity index is 1.68.